The van der Waals surface area contributed by atoms with Gasteiger partial charge in [0.2, 0.25) is 11.8 Å². The van der Waals surface area contributed by atoms with E-state index < -0.39 is 10.2 Å². The highest BCUT2D eigenvalue weighted by atomic mass is 32.2. The molecule has 0 saturated carbocycles. The van der Waals surface area contributed by atoms with Crippen LogP contribution < -0.4 is 10.6 Å². The van der Waals surface area contributed by atoms with Gasteiger partial charge in [-0.05, 0) is 43.7 Å². The molecule has 2 aromatic rings. The summed E-state index contributed by atoms with van der Waals surface area (Å²) in [7, 11) is 0. The average molecular weight is 453 g/mol. The molecule has 1 atom stereocenters. The number of Topliss-reactive ketones (excluding diaryl/α,β-unsaturated/α-hetero) is 1. The third-order valence-electron chi connectivity index (χ3n) is 4.49. The van der Waals surface area contributed by atoms with Crippen LogP contribution in [0.2, 0.25) is 0 Å². The number of hydrogen-bond acceptors (Lipinski definition) is 8. The number of benzene rings is 2. The number of carbonyl (C=O) groups excluding carboxylic acids is 3. The number of nitrogens with one attached hydrogen (secondary N) is 2. The Labute approximate surface area is 187 Å². The summed E-state index contributed by atoms with van der Waals surface area (Å²) < 4.78 is 0. The van der Waals surface area contributed by atoms with Crippen LogP contribution >= 0.6 is 11.8 Å². The lowest BCUT2D eigenvalue weighted by atomic mass is 10.1. The lowest BCUT2D eigenvalue weighted by molar-refractivity contribution is -0.384. The van der Waals surface area contributed by atoms with Gasteiger partial charge in [0, 0.05) is 29.8 Å². The molecule has 0 bridgehead atoms. The lowest BCUT2D eigenvalue weighted by Gasteiger charge is -2.08. The van der Waals surface area contributed by atoms with Crippen molar-refractivity contribution < 1.29 is 19.3 Å². The minimum Gasteiger partial charge on any atom is -0.326 e. The van der Waals surface area contributed by atoms with Gasteiger partial charge >= 0.3 is 0 Å². The van der Waals surface area contributed by atoms with Gasteiger partial charge in [-0.1, -0.05) is 23.9 Å². The molecular formula is C21H19N5O5S. The number of non-ortho nitro benzene ring substituents is 1. The van der Waals surface area contributed by atoms with Crippen LogP contribution in [0.4, 0.5) is 11.4 Å². The van der Waals surface area contributed by atoms with Crippen molar-refractivity contribution in [2.75, 3.05) is 5.32 Å². The maximum absolute atomic E-state index is 12.3. The van der Waals surface area contributed by atoms with E-state index in [1.807, 2.05) is 0 Å². The fraction of sp³-hybridized carbons (Fsp3) is 0.190. The molecule has 3 rings (SSSR count). The van der Waals surface area contributed by atoms with Gasteiger partial charge in [-0.15, -0.1) is 5.10 Å². The van der Waals surface area contributed by atoms with Crippen molar-refractivity contribution in [1.29, 1.82) is 0 Å². The van der Waals surface area contributed by atoms with Gasteiger partial charge in [-0.2, -0.15) is 5.10 Å². The molecule has 10 nitrogen and oxygen atoms in total. The molecule has 2 amide bonds. The Morgan fingerprint density at radius 2 is 1.88 bits per heavy atom. The Bertz CT molecular complexity index is 1140. The van der Waals surface area contributed by atoms with Gasteiger partial charge in [-0.25, -0.2) is 0 Å². The molecule has 1 heterocycles. The van der Waals surface area contributed by atoms with E-state index in [0.717, 1.165) is 11.8 Å². The van der Waals surface area contributed by atoms with E-state index in [2.05, 4.69) is 20.8 Å². The number of amides is 2. The highest BCUT2D eigenvalue weighted by Gasteiger charge is 2.32. The minimum absolute atomic E-state index is 0.0272. The Balaban J connectivity index is 1.60. The number of nitrogens with zero attached hydrogens (tertiary/aromatic N) is 3. The molecule has 32 heavy (non-hydrogen) atoms. The molecule has 1 aliphatic heterocycles. The monoisotopic (exact) mass is 453 g/mol. The topological polar surface area (TPSA) is 143 Å². The standard InChI is InChI=1S/C21H19N5O5S/c1-12(14-6-8-17(9-7-14)26(30)31)24-25-21-23-20(29)18(32-21)11-19(28)22-16-5-3-4-15(10-16)13(2)27/h3-10,18H,11H2,1-2H3,(H,22,28)(H,23,25,29). The number of carbonyl (C=O) groups is 3. The van der Waals surface area contributed by atoms with Gasteiger partial charge in [0.05, 0.1) is 10.6 Å². The van der Waals surface area contributed by atoms with Crippen LogP contribution in [0.1, 0.15) is 36.2 Å². The molecule has 0 spiro atoms. The molecule has 0 aliphatic carbocycles. The van der Waals surface area contributed by atoms with Crippen LogP contribution in [0.3, 0.4) is 0 Å². The molecule has 1 fully saturated rings. The first-order valence-electron chi connectivity index (χ1n) is 9.48. The molecule has 164 valence electrons. The number of nitro benzene ring substituents is 1. The van der Waals surface area contributed by atoms with Crippen LogP contribution in [0.25, 0.3) is 0 Å². The average Bonchev–Trinajstić information content (AvgIpc) is 3.11. The third kappa shape index (κ3) is 5.85. The van der Waals surface area contributed by atoms with Crippen molar-refractivity contribution in [2.24, 2.45) is 10.2 Å². The van der Waals surface area contributed by atoms with Crippen molar-refractivity contribution in [3.8, 4) is 0 Å². The maximum atomic E-state index is 12.3. The van der Waals surface area contributed by atoms with Gasteiger partial charge in [0.1, 0.15) is 5.25 Å². The summed E-state index contributed by atoms with van der Waals surface area (Å²) >= 11 is 1.09. The fourth-order valence-electron chi connectivity index (χ4n) is 2.79. The lowest BCUT2D eigenvalue weighted by Crippen LogP contribution is -2.28. The zero-order valence-electron chi connectivity index (χ0n) is 17.2. The molecule has 11 heteroatoms. The smallest absolute Gasteiger partial charge is 0.269 e. The Morgan fingerprint density at radius 1 is 1.16 bits per heavy atom. The van der Waals surface area contributed by atoms with Gasteiger partial charge in [0.15, 0.2) is 11.0 Å². The fourth-order valence-corrected chi connectivity index (χ4v) is 3.70. The van der Waals surface area contributed by atoms with Crippen molar-refractivity contribution in [2.45, 2.75) is 25.5 Å². The highest BCUT2D eigenvalue weighted by Crippen LogP contribution is 2.23. The summed E-state index contributed by atoms with van der Waals surface area (Å²) in [5, 5.41) is 23.7. The minimum atomic E-state index is -0.667. The summed E-state index contributed by atoms with van der Waals surface area (Å²) in [6.07, 6.45) is -0.0785. The first-order chi connectivity index (χ1) is 15.2. The number of nitro groups is 1. The molecular weight excluding hydrogens is 434 g/mol. The predicted molar refractivity (Wildman–Crippen MR) is 122 cm³/mol. The summed E-state index contributed by atoms with van der Waals surface area (Å²) in [5.41, 5.74) is 2.09. The normalized spacial score (nSPS) is 17.2. The Morgan fingerprint density at radius 3 is 2.53 bits per heavy atom. The number of rotatable bonds is 7. The van der Waals surface area contributed by atoms with E-state index in [-0.39, 0.29) is 34.9 Å². The molecule has 2 N–H and O–H groups in total. The van der Waals surface area contributed by atoms with E-state index in [4.69, 9.17) is 0 Å². The van der Waals surface area contributed by atoms with Crippen LogP contribution in [0, 0.1) is 10.1 Å². The predicted octanol–water partition coefficient (Wildman–Crippen LogP) is 3.14. The summed E-state index contributed by atoms with van der Waals surface area (Å²) in [4.78, 5) is 46.2. The highest BCUT2D eigenvalue weighted by molar-refractivity contribution is 8.15. The molecule has 0 radical (unpaired) electrons. The van der Waals surface area contributed by atoms with Crippen molar-refractivity contribution in [3.05, 3.63) is 69.8 Å². The van der Waals surface area contributed by atoms with Crippen LogP contribution in [0.15, 0.2) is 58.7 Å². The number of amidine groups is 1. The van der Waals surface area contributed by atoms with Crippen LogP contribution in [-0.2, 0) is 9.59 Å². The summed E-state index contributed by atoms with van der Waals surface area (Å²) in [5.74, 6) is -0.841. The number of hydrogen-bond donors (Lipinski definition) is 2. The quantitative estimate of drug-likeness (QED) is 0.285. The Kier molecular flexibility index (Phi) is 7.11. The Hall–Kier alpha value is -3.86. The number of anilines is 1. The largest absolute Gasteiger partial charge is 0.326 e. The van der Waals surface area contributed by atoms with Crippen molar-refractivity contribution >= 4 is 51.6 Å². The second-order valence-electron chi connectivity index (χ2n) is 6.88. The van der Waals surface area contributed by atoms with E-state index >= 15 is 0 Å². The first kappa shape index (κ1) is 22.8. The second-order valence-corrected chi connectivity index (χ2v) is 8.07. The molecule has 1 saturated heterocycles. The summed E-state index contributed by atoms with van der Waals surface area (Å²) in [6, 6.07) is 12.4. The van der Waals surface area contributed by atoms with E-state index in [1.165, 1.54) is 19.1 Å². The third-order valence-corrected chi connectivity index (χ3v) is 5.56. The maximum Gasteiger partial charge on any atom is 0.269 e. The van der Waals surface area contributed by atoms with Crippen LogP contribution in [0.5, 0.6) is 0 Å². The molecule has 1 unspecified atom stereocenters. The number of thioether (sulfide) groups is 1. The first-order valence-corrected chi connectivity index (χ1v) is 10.4. The summed E-state index contributed by atoms with van der Waals surface area (Å²) in [6.45, 7) is 3.12. The van der Waals surface area contributed by atoms with E-state index in [1.54, 1.807) is 43.3 Å². The van der Waals surface area contributed by atoms with Gasteiger partial charge in [-0.3, -0.25) is 24.5 Å². The van der Waals surface area contributed by atoms with Crippen molar-refractivity contribution in [3.63, 3.8) is 0 Å². The van der Waals surface area contributed by atoms with Gasteiger partial charge in [0.25, 0.3) is 5.69 Å². The molecule has 0 aromatic heterocycles. The SMILES string of the molecule is CC(=O)c1cccc(NC(=O)CC2SC(=NN=C(C)c3ccc([N+](=O)[O-])cc3)NC2=O)c1. The van der Waals surface area contributed by atoms with E-state index in [0.29, 0.717) is 22.5 Å². The zero-order chi connectivity index (χ0) is 23.3. The molecule has 2 aromatic carbocycles. The zero-order valence-corrected chi connectivity index (χ0v) is 18.0. The van der Waals surface area contributed by atoms with Crippen LogP contribution in [-0.4, -0.2) is 38.7 Å². The van der Waals surface area contributed by atoms with E-state index in [9.17, 15) is 24.5 Å². The number of ketones is 1. The second kappa shape index (κ2) is 9.96. The van der Waals surface area contributed by atoms with Crippen molar-refractivity contribution in [1.82, 2.24) is 5.32 Å². The van der Waals surface area contributed by atoms with Gasteiger partial charge < -0.3 is 10.6 Å². The molecule has 1 aliphatic rings.